The Hall–Kier alpha value is -2.26. The van der Waals surface area contributed by atoms with Crippen LogP contribution >= 0.6 is 11.6 Å². The predicted octanol–water partition coefficient (Wildman–Crippen LogP) is 4.08. The molecule has 3 nitrogen and oxygen atoms in total. The summed E-state index contributed by atoms with van der Waals surface area (Å²) in [5, 5.41) is 3.27. The van der Waals surface area contributed by atoms with Crippen molar-refractivity contribution in [1.29, 1.82) is 0 Å². The molecule has 2 heterocycles. The van der Waals surface area contributed by atoms with E-state index in [9.17, 15) is 4.79 Å². The van der Waals surface area contributed by atoms with Crippen molar-refractivity contribution in [1.82, 2.24) is 4.98 Å². The number of fused-ring (bicyclic) bond motifs is 5. The van der Waals surface area contributed by atoms with Gasteiger partial charge in [-0.1, -0.05) is 29.8 Å². The number of para-hydroxylation sites is 1. The van der Waals surface area contributed by atoms with Gasteiger partial charge in [-0.25, -0.2) is 0 Å². The van der Waals surface area contributed by atoms with Gasteiger partial charge in [0, 0.05) is 26.7 Å². The zero-order valence-electron chi connectivity index (χ0n) is 9.74. The van der Waals surface area contributed by atoms with Crippen LogP contribution in [-0.4, -0.2) is 4.98 Å². The number of halogens is 1. The number of benzene rings is 2. The third-order valence-electron chi connectivity index (χ3n) is 3.30. The molecule has 0 radical (unpaired) electrons. The van der Waals surface area contributed by atoms with Crippen LogP contribution in [0.15, 0.2) is 51.7 Å². The summed E-state index contributed by atoms with van der Waals surface area (Å²) < 4.78 is 5.64. The number of hydrogen-bond donors (Lipinski definition) is 1. The second-order valence-corrected chi connectivity index (χ2v) is 4.88. The fourth-order valence-corrected chi connectivity index (χ4v) is 2.66. The molecular weight excluding hydrogens is 262 g/mol. The lowest BCUT2D eigenvalue weighted by molar-refractivity contribution is 0.663. The summed E-state index contributed by atoms with van der Waals surface area (Å²) in [5.41, 5.74) is 1.58. The van der Waals surface area contributed by atoms with Gasteiger partial charge in [-0.15, -0.1) is 0 Å². The third kappa shape index (κ3) is 1.42. The van der Waals surface area contributed by atoms with Crippen LogP contribution in [0.25, 0.3) is 32.8 Å². The molecule has 4 heteroatoms. The van der Waals surface area contributed by atoms with Gasteiger partial charge in [0.25, 0.3) is 5.56 Å². The van der Waals surface area contributed by atoms with Crippen molar-refractivity contribution in [2.45, 2.75) is 0 Å². The summed E-state index contributed by atoms with van der Waals surface area (Å²) in [5.74, 6) is 0. The first-order valence-electron chi connectivity index (χ1n) is 5.87. The molecule has 19 heavy (non-hydrogen) atoms. The van der Waals surface area contributed by atoms with Crippen molar-refractivity contribution in [3.05, 3.63) is 57.8 Å². The first-order valence-corrected chi connectivity index (χ1v) is 6.24. The Bertz CT molecular complexity index is 997. The average molecular weight is 270 g/mol. The monoisotopic (exact) mass is 269 g/mol. The van der Waals surface area contributed by atoms with E-state index >= 15 is 0 Å². The minimum atomic E-state index is -0.221. The Kier molecular flexibility index (Phi) is 2.03. The zero-order valence-corrected chi connectivity index (χ0v) is 10.5. The Morgan fingerprint density at radius 3 is 2.79 bits per heavy atom. The second-order valence-electron chi connectivity index (χ2n) is 4.45. The largest absolute Gasteiger partial charge is 0.450 e. The van der Waals surface area contributed by atoms with Crippen molar-refractivity contribution < 1.29 is 4.42 Å². The number of aromatic nitrogens is 1. The SMILES string of the molecule is O=c1[nH]c2ccc(Cl)cc2c2c1oc1ccccc12. The first kappa shape index (κ1) is 10.6. The van der Waals surface area contributed by atoms with E-state index in [-0.39, 0.29) is 5.56 Å². The van der Waals surface area contributed by atoms with Gasteiger partial charge in [-0.3, -0.25) is 4.79 Å². The molecule has 2 aromatic carbocycles. The summed E-state index contributed by atoms with van der Waals surface area (Å²) in [6, 6.07) is 13.0. The van der Waals surface area contributed by atoms with Gasteiger partial charge < -0.3 is 9.40 Å². The third-order valence-corrected chi connectivity index (χ3v) is 3.54. The normalized spacial score (nSPS) is 11.6. The Balaban J connectivity index is 2.42. The fraction of sp³-hybridized carbons (Fsp3) is 0. The van der Waals surface area contributed by atoms with Crippen LogP contribution in [0.3, 0.4) is 0 Å². The van der Waals surface area contributed by atoms with Crippen molar-refractivity contribution in [3.63, 3.8) is 0 Å². The molecule has 0 unspecified atom stereocenters. The first-order chi connectivity index (χ1) is 9.24. The summed E-state index contributed by atoms with van der Waals surface area (Å²) in [4.78, 5) is 14.9. The number of aromatic amines is 1. The molecule has 4 rings (SSSR count). The lowest BCUT2D eigenvalue weighted by Crippen LogP contribution is -2.04. The molecule has 0 aliphatic carbocycles. The molecule has 0 amide bonds. The van der Waals surface area contributed by atoms with Crippen LogP contribution < -0.4 is 5.56 Å². The summed E-state index contributed by atoms with van der Waals surface area (Å²) in [6.45, 7) is 0. The Morgan fingerprint density at radius 2 is 1.89 bits per heavy atom. The van der Waals surface area contributed by atoms with E-state index in [1.165, 1.54) is 0 Å². The van der Waals surface area contributed by atoms with Gasteiger partial charge in [0.1, 0.15) is 5.58 Å². The molecular formula is C15H8ClNO2. The molecule has 0 saturated heterocycles. The minimum absolute atomic E-state index is 0.221. The van der Waals surface area contributed by atoms with Gasteiger partial charge in [0.2, 0.25) is 5.58 Å². The Labute approximate surface area is 112 Å². The van der Waals surface area contributed by atoms with Crippen molar-refractivity contribution >= 4 is 44.4 Å². The van der Waals surface area contributed by atoms with E-state index in [1.54, 1.807) is 12.1 Å². The van der Waals surface area contributed by atoms with Crippen molar-refractivity contribution in [3.8, 4) is 0 Å². The van der Waals surface area contributed by atoms with Gasteiger partial charge in [-0.05, 0) is 24.3 Å². The highest BCUT2D eigenvalue weighted by Crippen LogP contribution is 2.32. The lowest BCUT2D eigenvalue weighted by Gasteiger charge is -2.00. The van der Waals surface area contributed by atoms with E-state index in [0.717, 1.165) is 21.7 Å². The molecule has 2 aromatic heterocycles. The van der Waals surface area contributed by atoms with Crippen LogP contribution in [-0.2, 0) is 0 Å². The van der Waals surface area contributed by atoms with Gasteiger partial charge >= 0.3 is 0 Å². The topological polar surface area (TPSA) is 46.0 Å². The summed E-state index contributed by atoms with van der Waals surface area (Å²) in [6.07, 6.45) is 0. The number of H-pyrrole nitrogens is 1. The van der Waals surface area contributed by atoms with Crippen LogP contribution in [0.1, 0.15) is 0 Å². The maximum absolute atomic E-state index is 12.1. The highest BCUT2D eigenvalue weighted by Gasteiger charge is 2.13. The smallest absolute Gasteiger partial charge is 0.292 e. The molecule has 0 aliphatic rings. The maximum atomic E-state index is 12.1. The fourth-order valence-electron chi connectivity index (χ4n) is 2.48. The van der Waals surface area contributed by atoms with Crippen LogP contribution in [0, 0.1) is 0 Å². The molecule has 1 N–H and O–H groups in total. The maximum Gasteiger partial charge on any atom is 0.292 e. The van der Waals surface area contributed by atoms with Gasteiger partial charge in [0.05, 0.1) is 0 Å². The number of nitrogens with one attached hydrogen (secondary N) is 1. The second kappa shape index (κ2) is 3.62. The van der Waals surface area contributed by atoms with E-state index in [1.807, 2.05) is 30.3 Å². The average Bonchev–Trinajstić information content (AvgIpc) is 2.80. The van der Waals surface area contributed by atoms with Crippen LogP contribution in [0.4, 0.5) is 0 Å². The van der Waals surface area contributed by atoms with Crippen LogP contribution in [0.2, 0.25) is 5.02 Å². The molecule has 92 valence electrons. The number of rotatable bonds is 0. The Morgan fingerprint density at radius 1 is 1.05 bits per heavy atom. The number of furan rings is 1. The summed E-state index contributed by atoms with van der Waals surface area (Å²) >= 11 is 6.05. The van der Waals surface area contributed by atoms with Crippen molar-refractivity contribution in [2.24, 2.45) is 0 Å². The molecule has 0 spiro atoms. The minimum Gasteiger partial charge on any atom is -0.450 e. The lowest BCUT2D eigenvalue weighted by atomic mass is 10.1. The van der Waals surface area contributed by atoms with Crippen molar-refractivity contribution in [2.75, 3.05) is 0 Å². The van der Waals surface area contributed by atoms with E-state index in [2.05, 4.69) is 4.98 Å². The number of pyridine rings is 1. The van der Waals surface area contributed by atoms with E-state index in [0.29, 0.717) is 16.2 Å². The molecule has 0 aliphatic heterocycles. The van der Waals surface area contributed by atoms with Crippen LogP contribution in [0.5, 0.6) is 0 Å². The highest BCUT2D eigenvalue weighted by molar-refractivity contribution is 6.32. The number of hydrogen-bond acceptors (Lipinski definition) is 2. The van der Waals surface area contributed by atoms with Gasteiger partial charge in [-0.2, -0.15) is 0 Å². The standard InChI is InChI=1S/C15H8ClNO2/c16-8-5-6-11-10(7-8)13-9-3-1-2-4-12(9)19-14(13)15(18)17-11/h1-7H,(H,17,18). The van der Waals surface area contributed by atoms with E-state index in [4.69, 9.17) is 16.0 Å². The molecule has 0 saturated carbocycles. The molecule has 0 fully saturated rings. The predicted molar refractivity (Wildman–Crippen MR) is 76.9 cm³/mol. The molecule has 0 bridgehead atoms. The molecule has 4 aromatic rings. The highest BCUT2D eigenvalue weighted by atomic mass is 35.5. The summed E-state index contributed by atoms with van der Waals surface area (Å²) in [7, 11) is 0. The zero-order chi connectivity index (χ0) is 13.0. The quantitative estimate of drug-likeness (QED) is 0.523. The molecule has 0 atom stereocenters. The van der Waals surface area contributed by atoms with E-state index < -0.39 is 0 Å². The van der Waals surface area contributed by atoms with Gasteiger partial charge in [0.15, 0.2) is 0 Å².